The molecule has 0 N–H and O–H groups in total. The molecule has 0 atom stereocenters. The molecule has 0 radical (unpaired) electrons. The summed E-state index contributed by atoms with van der Waals surface area (Å²) in [6.45, 7) is 18.0. The van der Waals surface area contributed by atoms with Crippen molar-refractivity contribution in [2.45, 2.75) is 68.2 Å². The molecule has 212 valence electrons. The molecule has 0 saturated carbocycles. The van der Waals surface area contributed by atoms with E-state index in [1.54, 1.807) is 6.33 Å². The van der Waals surface area contributed by atoms with E-state index >= 15 is 0 Å². The van der Waals surface area contributed by atoms with Crippen LogP contribution in [0.3, 0.4) is 0 Å². The number of aryl methyl sites for hydroxylation is 2. The standard InChI is InChI=1S/C38H38N2O2/c1-21-13-23(18-37(3,4)5)14-22(2)30(21)34-36-33(39-20-40-34)27-17-25-11-9-10-12-26(25)35-31(27)32-28(41-35)15-24(16-29(32)42-36)19-38(6,7)8/h9-17,20H,18-19H2,1-8H3. The summed E-state index contributed by atoms with van der Waals surface area (Å²) in [5, 5.41) is 5.28. The number of aromatic nitrogens is 2. The van der Waals surface area contributed by atoms with Crippen molar-refractivity contribution in [1.29, 1.82) is 0 Å². The van der Waals surface area contributed by atoms with Crippen molar-refractivity contribution in [1.82, 2.24) is 9.97 Å². The van der Waals surface area contributed by atoms with Gasteiger partial charge in [-0.3, -0.25) is 0 Å². The fraction of sp³-hybridized carbons (Fsp3) is 0.316. The normalized spacial score (nSPS) is 13.0. The first kappa shape index (κ1) is 26.7. The van der Waals surface area contributed by atoms with Crippen LogP contribution in [-0.2, 0) is 12.8 Å². The first-order valence-corrected chi connectivity index (χ1v) is 14.9. The lowest BCUT2D eigenvalue weighted by Crippen LogP contribution is -2.09. The van der Waals surface area contributed by atoms with E-state index in [2.05, 4.69) is 110 Å². The highest BCUT2D eigenvalue weighted by molar-refractivity contribution is 6.30. The fourth-order valence-electron chi connectivity index (χ4n) is 6.82. The molecule has 0 unspecified atom stereocenters. The molecule has 0 aliphatic heterocycles. The Morgan fingerprint density at radius 1 is 0.643 bits per heavy atom. The van der Waals surface area contributed by atoms with E-state index in [-0.39, 0.29) is 10.8 Å². The number of rotatable bonds is 3. The van der Waals surface area contributed by atoms with Crippen molar-refractivity contribution in [2.75, 3.05) is 0 Å². The van der Waals surface area contributed by atoms with E-state index < -0.39 is 0 Å². The van der Waals surface area contributed by atoms with Crippen LogP contribution in [0.5, 0.6) is 0 Å². The Hall–Kier alpha value is -4.18. The number of furan rings is 1. The maximum absolute atomic E-state index is 6.98. The van der Waals surface area contributed by atoms with Crippen molar-refractivity contribution in [3.63, 3.8) is 0 Å². The van der Waals surface area contributed by atoms with Crippen LogP contribution in [0.15, 0.2) is 69.8 Å². The predicted molar refractivity (Wildman–Crippen MR) is 175 cm³/mol. The predicted octanol–water partition coefficient (Wildman–Crippen LogP) is 10.9. The Labute approximate surface area is 246 Å². The third-order valence-electron chi connectivity index (χ3n) is 8.16. The largest absolute Gasteiger partial charge is 0.455 e. The summed E-state index contributed by atoms with van der Waals surface area (Å²) in [5.41, 5.74) is 11.2. The molecule has 42 heavy (non-hydrogen) atoms. The van der Waals surface area contributed by atoms with Crippen molar-refractivity contribution in [3.8, 4) is 11.3 Å². The van der Waals surface area contributed by atoms with Crippen molar-refractivity contribution >= 4 is 54.8 Å². The van der Waals surface area contributed by atoms with E-state index in [0.29, 0.717) is 5.58 Å². The van der Waals surface area contributed by atoms with Crippen LogP contribution in [-0.4, -0.2) is 9.97 Å². The van der Waals surface area contributed by atoms with Crippen LogP contribution in [0.4, 0.5) is 0 Å². The third-order valence-corrected chi connectivity index (χ3v) is 8.16. The third kappa shape index (κ3) is 4.45. The highest BCUT2D eigenvalue weighted by atomic mass is 16.3. The summed E-state index contributed by atoms with van der Waals surface area (Å²) in [5.74, 6) is 0. The van der Waals surface area contributed by atoms with Crippen LogP contribution >= 0.6 is 0 Å². The molecule has 0 saturated heterocycles. The molecule has 0 amide bonds. The van der Waals surface area contributed by atoms with E-state index in [0.717, 1.165) is 73.3 Å². The maximum Gasteiger partial charge on any atom is 0.180 e. The number of benzene rings is 4. The molecule has 0 spiro atoms. The van der Waals surface area contributed by atoms with Crippen molar-refractivity contribution in [3.05, 3.63) is 83.2 Å². The molecule has 0 aliphatic rings. The molecule has 4 nitrogen and oxygen atoms in total. The molecule has 0 aliphatic carbocycles. The first-order chi connectivity index (χ1) is 19.9. The number of nitrogens with zero attached hydrogens (tertiary/aromatic N) is 2. The Bertz CT molecular complexity index is 2160. The van der Waals surface area contributed by atoms with Crippen LogP contribution in [0.1, 0.15) is 63.8 Å². The fourth-order valence-corrected chi connectivity index (χ4v) is 6.82. The lowest BCUT2D eigenvalue weighted by molar-refractivity contribution is 0.410. The van der Waals surface area contributed by atoms with Gasteiger partial charge >= 0.3 is 0 Å². The van der Waals surface area contributed by atoms with E-state index in [1.807, 2.05) is 0 Å². The van der Waals surface area contributed by atoms with Gasteiger partial charge in [-0.1, -0.05) is 77.9 Å². The van der Waals surface area contributed by atoms with Gasteiger partial charge in [-0.2, -0.15) is 0 Å². The Kier molecular flexibility index (Phi) is 5.82. The van der Waals surface area contributed by atoms with E-state index in [9.17, 15) is 0 Å². The number of hydrogen-bond donors (Lipinski definition) is 0. The summed E-state index contributed by atoms with van der Waals surface area (Å²) in [7, 11) is 0. The monoisotopic (exact) mass is 554 g/mol. The van der Waals surface area contributed by atoms with E-state index in [4.69, 9.17) is 18.8 Å². The number of hydrogen-bond acceptors (Lipinski definition) is 4. The Balaban J connectivity index is 1.63. The lowest BCUT2D eigenvalue weighted by atomic mass is 9.85. The highest BCUT2D eigenvalue weighted by Gasteiger charge is 2.24. The molecule has 4 aromatic carbocycles. The summed E-state index contributed by atoms with van der Waals surface area (Å²) >= 11 is 0. The van der Waals surface area contributed by atoms with Gasteiger partial charge in [-0.05, 0) is 83.4 Å². The van der Waals surface area contributed by atoms with Gasteiger partial charge in [0.2, 0.25) is 0 Å². The molecule has 3 aromatic heterocycles. The minimum absolute atomic E-state index is 0.115. The number of fused-ring (bicyclic) bond motifs is 4. The molecule has 7 rings (SSSR count). The van der Waals surface area contributed by atoms with Gasteiger partial charge in [0.25, 0.3) is 0 Å². The zero-order chi connectivity index (χ0) is 29.6. The van der Waals surface area contributed by atoms with Crippen LogP contribution in [0, 0.1) is 24.7 Å². The SMILES string of the molecule is Cc1cc(CC(C)(C)C)cc(C)c1-c1ncnc2c1oc1cc(CC(C)(C)C)cc3oc4c5ccccc5cc2c4c13. The summed E-state index contributed by atoms with van der Waals surface area (Å²) in [6.07, 6.45) is 3.60. The molecular formula is C38H38N2O2. The quantitative estimate of drug-likeness (QED) is 0.218. The molecule has 3 heterocycles. The molecule has 0 bridgehead atoms. The van der Waals surface area contributed by atoms with Crippen molar-refractivity contribution in [2.24, 2.45) is 10.8 Å². The summed E-state index contributed by atoms with van der Waals surface area (Å²) < 4.78 is 13.7. The second-order valence-corrected chi connectivity index (χ2v) is 14.5. The van der Waals surface area contributed by atoms with Crippen LogP contribution < -0.4 is 0 Å². The summed E-state index contributed by atoms with van der Waals surface area (Å²) in [4.78, 5) is 9.77. The molecular weight excluding hydrogens is 516 g/mol. The van der Waals surface area contributed by atoms with Gasteiger partial charge in [-0.25, -0.2) is 9.97 Å². The minimum atomic E-state index is 0.115. The minimum Gasteiger partial charge on any atom is -0.455 e. The second-order valence-electron chi connectivity index (χ2n) is 14.5. The van der Waals surface area contributed by atoms with Crippen LogP contribution in [0.25, 0.3) is 66.0 Å². The topological polar surface area (TPSA) is 52.1 Å². The molecule has 7 aromatic rings. The average molecular weight is 555 g/mol. The zero-order valence-electron chi connectivity index (χ0n) is 25.9. The van der Waals surface area contributed by atoms with Gasteiger partial charge in [-0.15, -0.1) is 0 Å². The van der Waals surface area contributed by atoms with Crippen LogP contribution in [0.2, 0.25) is 0 Å². The molecule has 4 heteroatoms. The Morgan fingerprint density at radius 2 is 1.24 bits per heavy atom. The van der Waals surface area contributed by atoms with Gasteiger partial charge < -0.3 is 8.83 Å². The smallest absolute Gasteiger partial charge is 0.180 e. The van der Waals surface area contributed by atoms with E-state index in [1.165, 1.54) is 22.3 Å². The first-order valence-electron chi connectivity index (χ1n) is 14.9. The lowest BCUT2D eigenvalue weighted by Gasteiger charge is -2.20. The zero-order valence-corrected chi connectivity index (χ0v) is 25.9. The highest BCUT2D eigenvalue weighted by Crippen LogP contribution is 2.45. The van der Waals surface area contributed by atoms with Gasteiger partial charge in [0.1, 0.15) is 34.3 Å². The average Bonchev–Trinajstić information content (AvgIpc) is 3.20. The summed E-state index contributed by atoms with van der Waals surface area (Å²) in [6, 6.07) is 19.6. The molecule has 0 fully saturated rings. The van der Waals surface area contributed by atoms with Crippen molar-refractivity contribution < 1.29 is 8.83 Å². The van der Waals surface area contributed by atoms with Gasteiger partial charge in [0.05, 0.1) is 5.39 Å². The van der Waals surface area contributed by atoms with Gasteiger partial charge in [0.15, 0.2) is 5.58 Å². The maximum atomic E-state index is 6.98. The second kappa shape index (κ2) is 9.16. The Morgan fingerprint density at radius 3 is 1.88 bits per heavy atom. The van der Waals surface area contributed by atoms with Gasteiger partial charge in [0, 0.05) is 21.7 Å².